The third-order valence-corrected chi connectivity index (χ3v) is 20.9. The number of Topliss-reactive ketones (excluding diaryl/α,β-unsaturated/α-hetero) is 6. The van der Waals surface area contributed by atoms with Gasteiger partial charge in [0.1, 0.15) is 34.7 Å². The normalized spacial score (nSPS) is 14.6. The van der Waals surface area contributed by atoms with Crippen LogP contribution in [0.25, 0.3) is 0 Å². The zero-order valence-electron chi connectivity index (χ0n) is 89.9. The molecule has 26 heteroatoms. The van der Waals surface area contributed by atoms with Gasteiger partial charge in [0, 0.05) is 170 Å². The largest absolute Gasteiger partial charge is 0.379 e. The van der Waals surface area contributed by atoms with Crippen LogP contribution in [0.1, 0.15) is 350 Å². The molecule has 2 heterocycles. The Kier molecular flexibility index (Phi) is 101. The van der Waals surface area contributed by atoms with E-state index < -0.39 is 0 Å². The summed E-state index contributed by atoms with van der Waals surface area (Å²) in [5, 5.41) is 5.83. The zero-order valence-corrected chi connectivity index (χ0v) is 89.9. The average Bonchev–Trinajstić information content (AvgIpc) is 0.896. The molecule has 2 aliphatic rings. The summed E-state index contributed by atoms with van der Waals surface area (Å²) >= 11 is 0. The summed E-state index contributed by atoms with van der Waals surface area (Å²) in [6, 6.07) is 1.34. The van der Waals surface area contributed by atoms with Crippen LogP contribution in [0.15, 0.2) is 0 Å². The Morgan fingerprint density at radius 1 is 0.273 bits per heavy atom. The van der Waals surface area contributed by atoms with Gasteiger partial charge in [0.05, 0.1) is 137 Å². The van der Waals surface area contributed by atoms with Gasteiger partial charge in [0.25, 0.3) is 0 Å². The SMILES string of the molecule is C.CC(C)C(=O)CCCOCCOCC1CCCN(C(C)C)C1.CC(C)C(=O)CCCOCCOCCC(=O)C(C)C.CC(C)CCCOCCOC(C)C.CC(C)COCCOC(C)C.CC(C)OCCOCCCC(=O)C(C)C.CC(CCC(=O)CCCOCCOC(C)C)NC(=O)C(C)C.CC(CCC(=O)CCCOCCOCC1CCCN(C(C)C)C1)NC(=O)C(C)C. The summed E-state index contributed by atoms with van der Waals surface area (Å²) in [7, 11) is 0. The zero-order chi connectivity index (χ0) is 100. The Hall–Kier alpha value is -3.68. The number of rotatable bonds is 74. The monoisotopic (exact) mass is 1890 g/mol. The number of amides is 2. The van der Waals surface area contributed by atoms with E-state index in [4.69, 9.17) is 66.3 Å². The molecule has 2 rings (SSSR count). The quantitative estimate of drug-likeness (QED) is 0.0535. The second-order valence-electron chi connectivity index (χ2n) is 39.3. The number of likely N-dealkylation sites (tertiary alicyclic amines) is 2. The van der Waals surface area contributed by atoms with E-state index in [1.54, 1.807) is 0 Å². The summed E-state index contributed by atoms with van der Waals surface area (Å²) in [6.45, 7) is 81.1. The molecule has 788 valence electrons. The first-order valence-corrected chi connectivity index (χ1v) is 51.3. The molecule has 132 heavy (non-hydrogen) atoms. The van der Waals surface area contributed by atoms with Crippen molar-refractivity contribution in [1.82, 2.24) is 20.4 Å². The Balaban J connectivity index is -0.000000357. The summed E-state index contributed by atoms with van der Waals surface area (Å²) in [5.41, 5.74) is 0. The maximum atomic E-state index is 12.0. The third-order valence-electron chi connectivity index (χ3n) is 20.9. The molecular weight excluding hydrogens is 1680 g/mol. The highest BCUT2D eigenvalue weighted by Crippen LogP contribution is 2.21. The molecule has 4 atom stereocenters. The third kappa shape index (κ3) is 104. The summed E-state index contributed by atoms with van der Waals surface area (Å²) in [5.74, 6) is 4.86. The molecular formula is C106H212N4O22. The van der Waals surface area contributed by atoms with Crippen molar-refractivity contribution in [2.75, 3.05) is 185 Å². The van der Waals surface area contributed by atoms with Gasteiger partial charge in [-0.3, -0.25) is 38.4 Å². The maximum Gasteiger partial charge on any atom is 0.222 e. The Morgan fingerprint density at radius 3 is 0.811 bits per heavy atom. The van der Waals surface area contributed by atoms with E-state index in [0.717, 1.165) is 97.4 Å². The van der Waals surface area contributed by atoms with Gasteiger partial charge in [-0.05, 0) is 217 Å². The molecule has 2 saturated heterocycles. The van der Waals surface area contributed by atoms with E-state index in [9.17, 15) is 38.4 Å². The fourth-order valence-corrected chi connectivity index (χ4v) is 12.3. The van der Waals surface area contributed by atoms with E-state index in [2.05, 4.69) is 75.8 Å². The number of carbonyl (C=O) groups excluding carboxylic acids is 8. The molecule has 0 aliphatic carbocycles. The number of nitrogens with one attached hydrogen (secondary N) is 2. The van der Waals surface area contributed by atoms with E-state index in [0.29, 0.717) is 230 Å². The van der Waals surface area contributed by atoms with Crippen molar-refractivity contribution in [3.05, 3.63) is 0 Å². The lowest BCUT2D eigenvalue weighted by Crippen LogP contribution is -2.41. The molecule has 0 bridgehead atoms. The van der Waals surface area contributed by atoms with Crippen LogP contribution in [0.4, 0.5) is 0 Å². The second-order valence-corrected chi connectivity index (χ2v) is 39.3. The Labute approximate surface area is 810 Å². The minimum absolute atomic E-state index is 0. The van der Waals surface area contributed by atoms with Crippen molar-refractivity contribution in [2.24, 2.45) is 59.2 Å². The van der Waals surface area contributed by atoms with Crippen LogP contribution < -0.4 is 10.6 Å². The molecule has 0 saturated carbocycles. The minimum Gasteiger partial charge on any atom is -0.379 e. The van der Waals surface area contributed by atoms with Crippen molar-refractivity contribution in [3.63, 3.8) is 0 Å². The van der Waals surface area contributed by atoms with Crippen molar-refractivity contribution < 1.29 is 105 Å². The summed E-state index contributed by atoms with van der Waals surface area (Å²) in [6.07, 6.45) is 18.3. The predicted octanol–water partition coefficient (Wildman–Crippen LogP) is 20.0. The Morgan fingerprint density at radius 2 is 0.538 bits per heavy atom. The van der Waals surface area contributed by atoms with Crippen LogP contribution in [0.5, 0.6) is 0 Å². The van der Waals surface area contributed by atoms with E-state index in [-0.39, 0.29) is 102 Å². The van der Waals surface area contributed by atoms with Gasteiger partial charge >= 0.3 is 0 Å². The molecule has 0 spiro atoms. The highest BCUT2D eigenvalue weighted by molar-refractivity contribution is 5.82. The number of carbonyl (C=O) groups is 8. The van der Waals surface area contributed by atoms with Crippen molar-refractivity contribution in [1.29, 1.82) is 0 Å². The smallest absolute Gasteiger partial charge is 0.222 e. The van der Waals surface area contributed by atoms with Gasteiger partial charge in [0.15, 0.2) is 0 Å². The molecule has 0 radical (unpaired) electrons. The number of hydrogen-bond donors (Lipinski definition) is 2. The van der Waals surface area contributed by atoms with Crippen LogP contribution in [0.3, 0.4) is 0 Å². The molecule has 4 unspecified atom stereocenters. The molecule has 26 nitrogen and oxygen atoms in total. The lowest BCUT2D eigenvalue weighted by molar-refractivity contribution is -0.125. The lowest BCUT2D eigenvalue weighted by Gasteiger charge is -2.35. The standard InChI is InChI=1S/C23H44N2O4.C18H35NO3.C17H33NO4.C15H28O4.C12H24O3.C11H24O2.C9H20O2.CH4/c1-18(2)23(27)24-20(5)10-11-22(26)9-7-13-28-14-15-29-17-21-8-6-12-25(16-21)19(3)4;1-15(2)18(20)8-6-10-21-11-12-22-14-17-7-5-9-19(13-17)16(3)4;1-13(2)17(20)18-15(5)8-9-16(19)7-6-10-21-11-12-22-14(3)4;1-12(2)14(16)6-5-8-18-10-11-19-9-7-15(17)13(3)4;1-10(2)12(13)6-5-7-14-8-9-15-11(3)4;1-10(2)6-5-7-12-8-9-13-11(3)4;1-8(2)7-10-5-6-11-9(3)4;/h18-21H,6-17H2,1-5H3,(H,24,27);15-17H,5-14H2,1-4H3;13-15H,6-12H2,1-5H3,(H,18,20);12-13H,5-11H2,1-4H3;10-11H,5-9H2,1-4H3;10-11H,5-9H2,1-4H3;8-9H,5-7H2,1-4H3;1H4. The maximum absolute atomic E-state index is 12.0. The molecule has 2 N–H and O–H groups in total. The summed E-state index contributed by atoms with van der Waals surface area (Å²) < 4.78 is 76.1. The molecule has 2 aliphatic heterocycles. The topological polar surface area (TPSA) is 296 Å². The van der Waals surface area contributed by atoms with Crippen LogP contribution in [0, 0.1) is 59.2 Å². The lowest BCUT2D eigenvalue weighted by atomic mass is 9.98. The first-order chi connectivity index (χ1) is 61.9. The van der Waals surface area contributed by atoms with Gasteiger partial charge in [0.2, 0.25) is 11.8 Å². The first kappa shape index (κ1) is 139. The van der Waals surface area contributed by atoms with E-state index in [1.165, 1.54) is 51.6 Å². The number of ketones is 6. The second kappa shape index (κ2) is 96.2. The van der Waals surface area contributed by atoms with Gasteiger partial charge in [-0.15, -0.1) is 0 Å². The fraction of sp³-hybridized carbons (Fsp3) is 0.925. The van der Waals surface area contributed by atoms with E-state index in [1.807, 2.05) is 152 Å². The number of ether oxygens (including phenoxy) is 14. The van der Waals surface area contributed by atoms with E-state index >= 15 is 0 Å². The number of nitrogens with zero attached hydrogens (tertiary/aromatic N) is 2. The predicted molar refractivity (Wildman–Crippen MR) is 541 cm³/mol. The molecule has 0 aromatic heterocycles. The van der Waals surface area contributed by atoms with Crippen molar-refractivity contribution >= 4 is 46.5 Å². The highest BCUT2D eigenvalue weighted by atomic mass is 16.6. The molecule has 0 aromatic carbocycles. The molecule has 0 aromatic rings. The fourth-order valence-electron chi connectivity index (χ4n) is 12.3. The average molecular weight is 1890 g/mol. The van der Waals surface area contributed by atoms with Crippen molar-refractivity contribution in [3.8, 4) is 0 Å². The number of hydrogen-bond acceptors (Lipinski definition) is 24. The van der Waals surface area contributed by atoms with Crippen LogP contribution >= 0.6 is 0 Å². The van der Waals surface area contributed by atoms with Crippen LogP contribution in [-0.2, 0) is 105 Å². The van der Waals surface area contributed by atoms with Gasteiger partial charge in [-0.2, -0.15) is 0 Å². The van der Waals surface area contributed by atoms with Crippen LogP contribution in [-0.4, -0.2) is 290 Å². The summed E-state index contributed by atoms with van der Waals surface area (Å²) in [4.78, 5) is 97.2. The van der Waals surface area contributed by atoms with Crippen molar-refractivity contribution in [2.45, 2.75) is 399 Å². The van der Waals surface area contributed by atoms with Gasteiger partial charge in [-0.1, -0.05) is 118 Å². The number of piperidine rings is 2. The first-order valence-electron chi connectivity index (χ1n) is 51.3. The molecule has 2 amide bonds. The highest BCUT2D eigenvalue weighted by Gasteiger charge is 2.24. The van der Waals surface area contributed by atoms with Gasteiger partial charge in [-0.25, -0.2) is 0 Å². The Bertz CT molecular complexity index is 2570. The molecule has 2 fully saturated rings. The van der Waals surface area contributed by atoms with Gasteiger partial charge < -0.3 is 86.7 Å². The minimum atomic E-state index is -0.0216. The van der Waals surface area contributed by atoms with Crippen LogP contribution in [0.2, 0.25) is 0 Å².